The molecule has 1 saturated heterocycles. The monoisotopic (exact) mass is 563 g/mol. The van der Waals surface area contributed by atoms with Gasteiger partial charge in [0.05, 0.1) is 13.2 Å². The number of phosphoric acid groups is 1. The van der Waals surface area contributed by atoms with Crippen LogP contribution < -0.4 is 26.4 Å². The molecule has 3 rings (SSSR count). The molecule has 1 aliphatic rings. The predicted molar refractivity (Wildman–Crippen MR) is 120 cm³/mol. The van der Waals surface area contributed by atoms with E-state index < -0.39 is 76.5 Å². The Morgan fingerprint density at radius 1 is 1.22 bits per heavy atom. The van der Waals surface area contributed by atoms with Crippen LogP contribution in [0.2, 0.25) is 0 Å². The number of amides is 1. The van der Waals surface area contributed by atoms with E-state index >= 15 is 0 Å². The molecule has 0 spiro atoms. The van der Waals surface area contributed by atoms with Crippen LogP contribution in [0, 0.1) is 0 Å². The molecule has 6 atom stereocenters. The van der Waals surface area contributed by atoms with Gasteiger partial charge in [-0.2, -0.15) is 0 Å². The van der Waals surface area contributed by atoms with Gasteiger partial charge < -0.3 is 44.2 Å². The lowest BCUT2D eigenvalue weighted by molar-refractivity contribution is -0.234. The first-order valence-electron chi connectivity index (χ1n) is 10.5. The van der Waals surface area contributed by atoms with Crippen molar-refractivity contribution in [2.24, 2.45) is 0 Å². The summed E-state index contributed by atoms with van der Waals surface area (Å²) in [6, 6.07) is 4.93. The van der Waals surface area contributed by atoms with E-state index in [1.54, 1.807) is 0 Å². The van der Waals surface area contributed by atoms with Crippen LogP contribution in [0.4, 0.5) is 5.69 Å². The van der Waals surface area contributed by atoms with Crippen molar-refractivity contribution in [1.82, 2.24) is 9.55 Å². The van der Waals surface area contributed by atoms with Gasteiger partial charge in [0.1, 0.15) is 25.9 Å². The summed E-state index contributed by atoms with van der Waals surface area (Å²) in [7, 11) is -10.8. The standard InChI is InChI=1S/C19H25N3O13P2/c1-10(24)20-13-3-2-11(7-23)6-12(13)9-36(29,30)35-37(31,32)33-8-14-16(26)17(27)18(34-14)22-5-4-15(25)21-19(22)28/h2-6,14,16-18,23,26-27H,7-9H2,1H3,(H,20,24)(H,29,30)(H,31,32)(H,21,25,28)/p-2/t14-,16?,17+,18-/m1/s1. The second-order valence-electron chi connectivity index (χ2n) is 7.99. The van der Waals surface area contributed by atoms with Gasteiger partial charge in [0, 0.05) is 31.0 Å². The SMILES string of the molecule is CC(=O)Nc1ccc(CO)cc1CP(=O)([O-])OP(=O)([O-])OC[C@H]1O[C@@H](n2ccc(=O)[nH]c2=O)[C@@H](O)C1O. The molecule has 2 heterocycles. The van der Waals surface area contributed by atoms with E-state index in [0.717, 1.165) is 16.8 Å². The van der Waals surface area contributed by atoms with E-state index in [-0.39, 0.29) is 16.8 Å². The highest BCUT2D eigenvalue weighted by Gasteiger charge is 2.44. The van der Waals surface area contributed by atoms with Crippen molar-refractivity contribution in [3.63, 3.8) is 0 Å². The second-order valence-corrected chi connectivity index (χ2v) is 11.3. The van der Waals surface area contributed by atoms with Crippen molar-refractivity contribution in [3.8, 4) is 0 Å². The molecule has 1 aromatic carbocycles. The molecule has 1 aliphatic heterocycles. The Morgan fingerprint density at radius 3 is 2.54 bits per heavy atom. The third-order valence-electron chi connectivity index (χ3n) is 5.11. The number of nitrogens with zero attached hydrogens (tertiary/aromatic N) is 1. The van der Waals surface area contributed by atoms with Gasteiger partial charge in [-0.3, -0.25) is 28.0 Å². The molecule has 1 aromatic heterocycles. The number of aliphatic hydroxyl groups is 3. The van der Waals surface area contributed by atoms with Crippen LogP contribution in [0.15, 0.2) is 40.1 Å². The van der Waals surface area contributed by atoms with Gasteiger partial charge in [-0.05, 0) is 17.2 Å². The summed E-state index contributed by atoms with van der Waals surface area (Å²) >= 11 is 0. The number of aromatic nitrogens is 2. The van der Waals surface area contributed by atoms with Gasteiger partial charge in [0.2, 0.25) is 5.91 Å². The Morgan fingerprint density at radius 2 is 1.92 bits per heavy atom. The number of aliphatic hydroxyl groups excluding tert-OH is 3. The summed E-state index contributed by atoms with van der Waals surface area (Å²) in [6.45, 7) is -0.280. The van der Waals surface area contributed by atoms with Gasteiger partial charge in [0.25, 0.3) is 13.4 Å². The molecule has 1 amide bonds. The summed E-state index contributed by atoms with van der Waals surface area (Å²) in [5.74, 6) is -0.530. The highest BCUT2D eigenvalue weighted by molar-refractivity contribution is 7.62. The van der Waals surface area contributed by atoms with Gasteiger partial charge in [-0.25, -0.2) is 4.79 Å². The molecule has 18 heteroatoms. The number of phosphoric ester groups is 1. The lowest BCUT2D eigenvalue weighted by atomic mass is 10.1. The lowest BCUT2D eigenvalue weighted by Gasteiger charge is -2.32. The average Bonchev–Trinajstić information content (AvgIpc) is 3.06. The number of hydrogen-bond acceptors (Lipinski definition) is 13. The van der Waals surface area contributed by atoms with Crippen molar-refractivity contribution >= 4 is 27.0 Å². The molecule has 5 N–H and O–H groups in total. The first-order chi connectivity index (χ1) is 17.2. The van der Waals surface area contributed by atoms with Crippen LogP contribution in [0.5, 0.6) is 0 Å². The molecule has 204 valence electrons. The van der Waals surface area contributed by atoms with Crippen molar-refractivity contribution in [3.05, 3.63) is 62.4 Å². The van der Waals surface area contributed by atoms with Crippen LogP contribution in [0.3, 0.4) is 0 Å². The molecule has 0 saturated carbocycles. The van der Waals surface area contributed by atoms with Crippen LogP contribution in [-0.2, 0) is 40.3 Å². The minimum Gasteiger partial charge on any atom is -0.778 e. The summed E-state index contributed by atoms with van der Waals surface area (Å²) in [4.78, 5) is 61.1. The van der Waals surface area contributed by atoms with E-state index in [4.69, 9.17) is 4.74 Å². The number of aromatic amines is 1. The largest absolute Gasteiger partial charge is 0.778 e. The smallest absolute Gasteiger partial charge is 0.330 e. The summed E-state index contributed by atoms with van der Waals surface area (Å²) in [5.41, 5.74) is -1.43. The molecule has 2 aromatic rings. The number of nitrogens with one attached hydrogen (secondary N) is 2. The quantitative estimate of drug-likeness (QED) is 0.194. The van der Waals surface area contributed by atoms with Crippen LogP contribution >= 0.6 is 15.4 Å². The van der Waals surface area contributed by atoms with Gasteiger partial charge in [-0.15, -0.1) is 0 Å². The molecular formula is C19H23N3O13P2-2. The Labute approximate surface area is 208 Å². The lowest BCUT2D eigenvalue weighted by Crippen LogP contribution is -2.37. The van der Waals surface area contributed by atoms with Crippen molar-refractivity contribution in [2.45, 2.75) is 44.2 Å². The molecule has 0 aliphatic carbocycles. The van der Waals surface area contributed by atoms with E-state index in [1.807, 2.05) is 4.98 Å². The van der Waals surface area contributed by atoms with Gasteiger partial charge in [-0.1, -0.05) is 12.1 Å². The number of anilines is 1. The van der Waals surface area contributed by atoms with Crippen LogP contribution in [0.25, 0.3) is 0 Å². The third kappa shape index (κ3) is 7.52. The first kappa shape index (κ1) is 29.1. The van der Waals surface area contributed by atoms with E-state index in [0.29, 0.717) is 0 Å². The number of benzene rings is 1. The minimum absolute atomic E-state index is 0.0473. The van der Waals surface area contributed by atoms with Crippen molar-refractivity contribution in [2.75, 3.05) is 11.9 Å². The normalized spacial score (nSPS) is 24.8. The fraction of sp³-hybridized carbons (Fsp3) is 0.421. The molecule has 1 fully saturated rings. The summed E-state index contributed by atoms with van der Waals surface area (Å²) in [5, 5.41) is 32.0. The molecule has 16 nitrogen and oxygen atoms in total. The maximum absolute atomic E-state index is 12.5. The number of ether oxygens (including phenoxy) is 1. The van der Waals surface area contributed by atoms with E-state index in [9.17, 15) is 48.6 Å². The summed E-state index contributed by atoms with van der Waals surface area (Å²) in [6.07, 6.45) is -6.56. The Bertz CT molecular complexity index is 1360. The maximum atomic E-state index is 12.5. The van der Waals surface area contributed by atoms with Crippen molar-refractivity contribution < 1.29 is 52.6 Å². The van der Waals surface area contributed by atoms with Crippen LogP contribution in [0.1, 0.15) is 24.3 Å². The minimum atomic E-state index is -5.57. The highest BCUT2D eigenvalue weighted by Crippen LogP contribution is 2.57. The Balaban J connectivity index is 1.68. The van der Waals surface area contributed by atoms with E-state index in [1.165, 1.54) is 25.1 Å². The highest BCUT2D eigenvalue weighted by atomic mass is 31.3. The fourth-order valence-electron chi connectivity index (χ4n) is 3.49. The topological polar surface area (TPSA) is 253 Å². The third-order valence-corrected chi connectivity index (χ3v) is 8.10. The summed E-state index contributed by atoms with van der Waals surface area (Å²) < 4.78 is 39.5. The predicted octanol–water partition coefficient (Wildman–Crippen LogP) is -2.14. The van der Waals surface area contributed by atoms with Gasteiger partial charge >= 0.3 is 5.69 Å². The zero-order valence-electron chi connectivity index (χ0n) is 19.1. The number of carbonyl (C=O) groups excluding carboxylic acids is 1. The molecule has 0 radical (unpaired) electrons. The van der Waals surface area contributed by atoms with E-state index in [2.05, 4.69) is 14.2 Å². The van der Waals surface area contributed by atoms with Crippen molar-refractivity contribution in [1.29, 1.82) is 0 Å². The van der Waals surface area contributed by atoms with Crippen LogP contribution in [-0.4, -0.2) is 55.7 Å². The fourth-order valence-corrected chi connectivity index (χ4v) is 6.14. The zero-order valence-corrected chi connectivity index (χ0v) is 20.9. The molecule has 3 unspecified atom stereocenters. The number of hydrogen-bond donors (Lipinski definition) is 5. The maximum Gasteiger partial charge on any atom is 0.330 e. The number of rotatable bonds is 10. The zero-order chi connectivity index (χ0) is 27.5. The second kappa shape index (κ2) is 11.5. The first-order valence-corrected chi connectivity index (χ1v) is 13.7. The molecule has 37 heavy (non-hydrogen) atoms. The molecular weight excluding hydrogens is 540 g/mol. The average molecular weight is 563 g/mol. The number of carbonyl (C=O) groups is 1. The Kier molecular flexibility index (Phi) is 9.03. The number of H-pyrrole nitrogens is 1. The Hall–Kier alpha value is -2.49. The van der Waals surface area contributed by atoms with Gasteiger partial charge in [0.15, 0.2) is 6.23 Å². The molecule has 0 bridgehead atoms.